The third-order valence-electron chi connectivity index (χ3n) is 2.04. The Morgan fingerprint density at radius 2 is 1.75 bits per heavy atom. The fraction of sp³-hybridized carbons (Fsp3) is 0.700. The van der Waals surface area contributed by atoms with Crippen LogP contribution in [-0.4, -0.2) is 15.2 Å². The number of hydrogen-bond acceptors (Lipinski definition) is 4. The van der Waals surface area contributed by atoms with Crippen LogP contribution in [0.3, 0.4) is 0 Å². The maximum absolute atomic E-state index is 11.8. The van der Waals surface area contributed by atoms with Gasteiger partial charge in [0.2, 0.25) is 0 Å². The zero-order valence-corrected chi connectivity index (χ0v) is 10.2. The summed E-state index contributed by atoms with van der Waals surface area (Å²) in [5, 5.41) is 0. The molecule has 0 bridgehead atoms. The predicted octanol–water partition coefficient (Wildman–Crippen LogP) is 0.0300. The third kappa shape index (κ3) is 2.32. The van der Waals surface area contributed by atoms with Crippen molar-refractivity contribution >= 4 is 0 Å². The van der Waals surface area contributed by atoms with Gasteiger partial charge in [0.1, 0.15) is 0 Å². The molecule has 6 nitrogen and oxygen atoms in total. The highest BCUT2D eigenvalue weighted by Crippen LogP contribution is 1.92. The highest BCUT2D eigenvalue weighted by molar-refractivity contribution is 4.71. The molecule has 0 radical (unpaired) electrons. The SMILES string of the molecule is CC(C)N=c1oc(=O)n(C(C)C)c(=O)n1C. The van der Waals surface area contributed by atoms with Gasteiger partial charge >= 0.3 is 17.1 Å². The predicted molar refractivity (Wildman–Crippen MR) is 59.3 cm³/mol. The van der Waals surface area contributed by atoms with Crippen molar-refractivity contribution in [3.05, 3.63) is 26.7 Å². The van der Waals surface area contributed by atoms with Crippen LogP contribution in [0.25, 0.3) is 0 Å². The van der Waals surface area contributed by atoms with Crippen LogP contribution in [0, 0.1) is 0 Å². The summed E-state index contributed by atoms with van der Waals surface area (Å²) in [5.74, 6) is -0.669. The van der Waals surface area contributed by atoms with Gasteiger partial charge in [-0.15, -0.1) is 0 Å². The maximum Gasteiger partial charge on any atom is 0.426 e. The lowest BCUT2D eigenvalue weighted by Gasteiger charge is -2.08. The minimum absolute atomic E-state index is 0.0383. The van der Waals surface area contributed by atoms with Crippen molar-refractivity contribution in [1.29, 1.82) is 0 Å². The van der Waals surface area contributed by atoms with Crippen LogP contribution in [0.15, 0.2) is 19.0 Å². The van der Waals surface area contributed by atoms with Gasteiger partial charge in [0.05, 0.1) is 0 Å². The molecule has 1 rings (SSSR count). The smallest absolute Gasteiger partial charge is 0.375 e. The van der Waals surface area contributed by atoms with Crippen molar-refractivity contribution in [2.24, 2.45) is 12.0 Å². The lowest BCUT2D eigenvalue weighted by atomic mass is 10.4. The highest BCUT2D eigenvalue weighted by atomic mass is 16.4. The summed E-state index contributed by atoms with van der Waals surface area (Å²) >= 11 is 0. The minimum Gasteiger partial charge on any atom is -0.375 e. The van der Waals surface area contributed by atoms with E-state index < -0.39 is 11.4 Å². The number of rotatable bonds is 2. The second kappa shape index (κ2) is 4.51. The lowest BCUT2D eigenvalue weighted by Crippen LogP contribution is -2.46. The van der Waals surface area contributed by atoms with Crippen LogP contribution >= 0.6 is 0 Å². The number of nitrogens with zero attached hydrogens (tertiary/aromatic N) is 3. The Kier molecular flexibility index (Phi) is 3.51. The third-order valence-corrected chi connectivity index (χ3v) is 2.04. The maximum atomic E-state index is 11.8. The summed E-state index contributed by atoms with van der Waals surface area (Å²) in [6, 6.07) is -0.272. The molecule has 0 unspecified atom stereocenters. The molecule has 0 atom stereocenters. The zero-order valence-electron chi connectivity index (χ0n) is 10.2. The van der Waals surface area contributed by atoms with Gasteiger partial charge in [0.15, 0.2) is 0 Å². The zero-order chi connectivity index (χ0) is 12.5. The first-order valence-electron chi connectivity index (χ1n) is 5.21. The quantitative estimate of drug-likeness (QED) is 0.715. The Balaban J connectivity index is 3.66. The molecule has 0 aromatic carbocycles. The molecule has 0 saturated carbocycles. The van der Waals surface area contributed by atoms with Gasteiger partial charge in [-0.1, -0.05) is 0 Å². The van der Waals surface area contributed by atoms with Gasteiger partial charge < -0.3 is 4.42 Å². The van der Waals surface area contributed by atoms with E-state index in [1.165, 1.54) is 11.6 Å². The van der Waals surface area contributed by atoms with Gasteiger partial charge in [-0.25, -0.2) is 19.1 Å². The molecule has 0 aliphatic heterocycles. The van der Waals surface area contributed by atoms with E-state index in [1.54, 1.807) is 13.8 Å². The average molecular weight is 227 g/mol. The molecule has 0 N–H and O–H groups in total. The van der Waals surface area contributed by atoms with Gasteiger partial charge in [0.25, 0.3) is 0 Å². The fourth-order valence-corrected chi connectivity index (χ4v) is 1.28. The van der Waals surface area contributed by atoms with Crippen molar-refractivity contribution < 1.29 is 4.42 Å². The second-order valence-electron chi connectivity index (χ2n) is 4.18. The van der Waals surface area contributed by atoms with Crippen molar-refractivity contribution in [3.63, 3.8) is 0 Å². The van der Waals surface area contributed by atoms with E-state index >= 15 is 0 Å². The molecule has 0 spiro atoms. The van der Waals surface area contributed by atoms with E-state index in [4.69, 9.17) is 4.42 Å². The molecule has 0 fully saturated rings. The number of hydrogen-bond donors (Lipinski definition) is 0. The van der Waals surface area contributed by atoms with Crippen LogP contribution in [-0.2, 0) is 7.05 Å². The van der Waals surface area contributed by atoms with Crippen LogP contribution in [0.1, 0.15) is 33.7 Å². The normalized spacial score (nSPS) is 12.8. The Morgan fingerprint density at radius 1 is 1.19 bits per heavy atom. The van der Waals surface area contributed by atoms with Gasteiger partial charge in [-0.3, -0.25) is 4.57 Å². The largest absolute Gasteiger partial charge is 0.426 e. The summed E-state index contributed by atoms with van der Waals surface area (Å²) in [6.45, 7) is 7.18. The topological polar surface area (TPSA) is 69.5 Å². The van der Waals surface area contributed by atoms with Gasteiger partial charge in [0, 0.05) is 19.1 Å². The van der Waals surface area contributed by atoms with Crippen molar-refractivity contribution in [2.75, 3.05) is 0 Å². The molecule has 6 heteroatoms. The molecule has 0 amide bonds. The van der Waals surface area contributed by atoms with Gasteiger partial charge in [-0.05, 0) is 27.7 Å². The standard InChI is InChI=1S/C10H17N3O3/c1-6(2)11-8-12(5)9(14)13(7(3)4)10(15)16-8/h6-7H,1-5H3. The monoisotopic (exact) mass is 227 g/mol. The second-order valence-corrected chi connectivity index (χ2v) is 4.18. The van der Waals surface area contributed by atoms with Crippen LogP contribution in [0.5, 0.6) is 0 Å². The molecule has 1 heterocycles. The molecule has 16 heavy (non-hydrogen) atoms. The molecule has 0 aliphatic carbocycles. The van der Waals surface area contributed by atoms with Crippen molar-refractivity contribution in [2.45, 2.75) is 39.8 Å². The van der Waals surface area contributed by atoms with E-state index in [0.29, 0.717) is 0 Å². The van der Waals surface area contributed by atoms with E-state index in [1.807, 2.05) is 13.8 Å². The number of aromatic nitrogens is 2. The molecule has 1 aromatic heterocycles. The van der Waals surface area contributed by atoms with Gasteiger partial charge in [-0.2, -0.15) is 0 Å². The Morgan fingerprint density at radius 3 is 2.19 bits per heavy atom. The molecule has 90 valence electrons. The highest BCUT2D eigenvalue weighted by Gasteiger charge is 2.10. The first kappa shape index (κ1) is 12.5. The first-order valence-corrected chi connectivity index (χ1v) is 5.21. The lowest BCUT2D eigenvalue weighted by molar-refractivity contribution is 0.305. The van der Waals surface area contributed by atoms with E-state index in [2.05, 4.69) is 4.99 Å². The van der Waals surface area contributed by atoms with Crippen LogP contribution in [0.2, 0.25) is 0 Å². The Bertz CT molecular complexity index is 546. The molecule has 1 aromatic rings. The van der Waals surface area contributed by atoms with Crippen molar-refractivity contribution in [3.8, 4) is 0 Å². The van der Waals surface area contributed by atoms with Crippen LogP contribution < -0.4 is 17.1 Å². The van der Waals surface area contributed by atoms with Crippen LogP contribution in [0.4, 0.5) is 0 Å². The van der Waals surface area contributed by atoms with E-state index in [9.17, 15) is 9.59 Å². The summed E-state index contributed by atoms with van der Waals surface area (Å²) in [6.07, 6.45) is 0. The minimum atomic E-state index is -0.669. The summed E-state index contributed by atoms with van der Waals surface area (Å²) in [5.41, 5.74) is -0.354. The summed E-state index contributed by atoms with van der Waals surface area (Å²) in [4.78, 5) is 27.5. The first-order chi connectivity index (χ1) is 7.34. The fourth-order valence-electron chi connectivity index (χ4n) is 1.28. The molecular weight excluding hydrogens is 210 g/mol. The average Bonchev–Trinajstić information content (AvgIpc) is 2.12. The summed E-state index contributed by atoms with van der Waals surface area (Å²) < 4.78 is 7.29. The van der Waals surface area contributed by atoms with E-state index in [0.717, 1.165) is 4.57 Å². The summed E-state index contributed by atoms with van der Waals surface area (Å²) in [7, 11) is 1.53. The van der Waals surface area contributed by atoms with E-state index in [-0.39, 0.29) is 17.8 Å². The molecule has 0 saturated heterocycles. The van der Waals surface area contributed by atoms with Crippen molar-refractivity contribution in [1.82, 2.24) is 9.13 Å². The Hall–Kier alpha value is -1.59. The molecule has 0 aliphatic rings. The Labute approximate surface area is 92.9 Å². The molecular formula is C10H17N3O3.